The number of halogens is 1. The van der Waals surface area contributed by atoms with Crippen molar-refractivity contribution in [3.8, 4) is 6.07 Å². The Hall–Kier alpha value is -2.73. The number of anilines is 1. The second-order valence-electron chi connectivity index (χ2n) is 9.37. The zero-order chi connectivity index (χ0) is 24.1. The van der Waals surface area contributed by atoms with Crippen LogP contribution in [0.4, 0.5) is 10.2 Å². The van der Waals surface area contributed by atoms with E-state index in [1.165, 1.54) is 12.1 Å². The molecule has 2 aliphatic heterocycles. The minimum atomic E-state index is -0.219. The fourth-order valence-electron chi connectivity index (χ4n) is 4.91. The van der Waals surface area contributed by atoms with Gasteiger partial charge in [-0.05, 0) is 69.5 Å². The number of nitrogens with one attached hydrogen (secondary N) is 1. The summed E-state index contributed by atoms with van der Waals surface area (Å²) in [6.45, 7) is 9.82. The summed E-state index contributed by atoms with van der Waals surface area (Å²) >= 11 is 0. The summed E-state index contributed by atoms with van der Waals surface area (Å²) in [5.41, 5.74) is 3.52. The van der Waals surface area contributed by atoms with Crippen molar-refractivity contribution >= 4 is 11.7 Å². The van der Waals surface area contributed by atoms with Gasteiger partial charge in [0.25, 0.3) is 0 Å². The van der Waals surface area contributed by atoms with Crippen LogP contribution in [-0.4, -0.2) is 65.7 Å². The maximum absolute atomic E-state index is 13.2. The number of amides is 1. The Kier molecular flexibility index (Phi) is 7.99. The molecule has 2 fully saturated rings. The molecule has 2 aliphatic rings. The first kappa shape index (κ1) is 24.4. The van der Waals surface area contributed by atoms with Gasteiger partial charge < -0.3 is 14.6 Å². The van der Waals surface area contributed by atoms with Gasteiger partial charge in [0.05, 0.1) is 24.8 Å². The largest absolute Gasteiger partial charge is 0.376 e. The van der Waals surface area contributed by atoms with Gasteiger partial charge in [-0.1, -0.05) is 12.1 Å². The smallest absolute Gasteiger partial charge is 0.239 e. The van der Waals surface area contributed by atoms with Gasteiger partial charge in [-0.15, -0.1) is 0 Å². The monoisotopic (exact) mass is 467 g/mol. The van der Waals surface area contributed by atoms with E-state index in [-0.39, 0.29) is 17.8 Å². The van der Waals surface area contributed by atoms with Gasteiger partial charge in [-0.2, -0.15) is 5.26 Å². The van der Waals surface area contributed by atoms with Crippen LogP contribution < -0.4 is 5.32 Å². The number of hydrogen-bond acceptors (Lipinski definition) is 5. The molecule has 1 amide bonds. The van der Waals surface area contributed by atoms with Gasteiger partial charge in [-0.3, -0.25) is 14.6 Å². The van der Waals surface area contributed by atoms with Crippen LogP contribution in [0.3, 0.4) is 0 Å². The fraction of sp³-hybridized carbons (Fsp3) is 0.538. The number of nitrogens with zero attached hydrogens (tertiary/aromatic N) is 4. The third-order valence-electron chi connectivity index (χ3n) is 6.98. The van der Waals surface area contributed by atoms with Crippen molar-refractivity contribution in [2.75, 3.05) is 44.6 Å². The van der Waals surface area contributed by atoms with Crippen LogP contribution in [0.2, 0.25) is 0 Å². The second kappa shape index (κ2) is 11.1. The van der Waals surface area contributed by atoms with E-state index in [9.17, 15) is 14.4 Å². The first-order valence-corrected chi connectivity index (χ1v) is 12.1. The topological polar surface area (TPSA) is 73.5 Å². The molecule has 0 bridgehead atoms. The van der Waals surface area contributed by atoms with Gasteiger partial charge >= 0.3 is 0 Å². The highest BCUT2D eigenvalue weighted by atomic mass is 19.1. The molecule has 7 nitrogen and oxygen atoms in total. The molecule has 2 saturated heterocycles. The van der Waals surface area contributed by atoms with Crippen molar-refractivity contribution in [1.29, 1.82) is 5.26 Å². The summed E-state index contributed by atoms with van der Waals surface area (Å²) in [7, 11) is 0. The molecule has 1 aromatic carbocycles. The summed E-state index contributed by atoms with van der Waals surface area (Å²) in [6.07, 6.45) is 3.12. The predicted molar refractivity (Wildman–Crippen MR) is 129 cm³/mol. The van der Waals surface area contributed by atoms with Crippen LogP contribution in [0.1, 0.15) is 41.6 Å². The summed E-state index contributed by atoms with van der Waals surface area (Å²) in [6, 6.07) is 8.93. The number of nitriles is 1. The molecule has 0 spiro atoms. The Balaban J connectivity index is 1.36. The minimum absolute atomic E-state index is 0.102. The average molecular weight is 468 g/mol. The lowest BCUT2D eigenvalue weighted by Crippen LogP contribution is -2.36. The van der Waals surface area contributed by atoms with Gasteiger partial charge in [0, 0.05) is 31.9 Å². The maximum atomic E-state index is 13.2. The van der Waals surface area contributed by atoms with Gasteiger partial charge in [0.15, 0.2) is 0 Å². The Bertz CT molecular complexity index is 1040. The van der Waals surface area contributed by atoms with Crippen molar-refractivity contribution in [1.82, 2.24) is 14.4 Å². The number of aromatic nitrogens is 1. The number of hydrogen-bond donors (Lipinski definition) is 1. The number of benzene rings is 1. The highest BCUT2D eigenvalue weighted by Gasteiger charge is 2.25. The molecule has 1 unspecified atom stereocenters. The molecule has 182 valence electrons. The molecular weight excluding hydrogens is 433 g/mol. The van der Waals surface area contributed by atoms with Gasteiger partial charge in [0.1, 0.15) is 17.7 Å². The maximum Gasteiger partial charge on any atom is 0.239 e. The van der Waals surface area contributed by atoms with Crippen LogP contribution in [0.5, 0.6) is 0 Å². The Morgan fingerprint density at radius 2 is 1.88 bits per heavy atom. The van der Waals surface area contributed by atoms with E-state index >= 15 is 0 Å². The Morgan fingerprint density at radius 1 is 1.15 bits per heavy atom. The van der Waals surface area contributed by atoms with E-state index in [1.54, 1.807) is 0 Å². The van der Waals surface area contributed by atoms with Crippen LogP contribution in [-0.2, 0) is 22.6 Å². The zero-order valence-electron chi connectivity index (χ0n) is 20.1. The molecule has 1 aromatic heterocycles. The zero-order valence-corrected chi connectivity index (χ0v) is 20.1. The van der Waals surface area contributed by atoms with Crippen molar-refractivity contribution < 1.29 is 13.9 Å². The molecule has 2 aromatic rings. The molecule has 0 radical (unpaired) electrons. The van der Waals surface area contributed by atoms with Crippen molar-refractivity contribution in [3.63, 3.8) is 0 Å². The Labute approximate surface area is 201 Å². The first-order valence-electron chi connectivity index (χ1n) is 12.1. The molecule has 34 heavy (non-hydrogen) atoms. The highest BCUT2D eigenvalue weighted by Crippen LogP contribution is 2.28. The van der Waals surface area contributed by atoms with Crippen LogP contribution in [0.25, 0.3) is 0 Å². The lowest BCUT2D eigenvalue weighted by molar-refractivity contribution is -0.117. The number of carbonyl (C=O) groups excluding carboxylic acids is 1. The minimum Gasteiger partial charge on any atom is -0.376 e. The van der Waals surface area contributed by atoms with E-state index in [2.05, 4.69) is 21.2 Å². The number of rotatable bonds is 7. The van der Waals surface area contributed by atoms with Crippen molar-refractivity contribution in [3.05, 3.63) is 52.5 Å². The van der Waals surface area contributed by atoms with Gasteiger partial charge in [-0.25, -0.2) is 4.39 Å². The van der Waals surface area contributed by atoms with Crippen molar-refractivity contribution in [2.45, 2.75) is 52.3 Å². The molecule has 8 heteroatoms. The summed E-state index contributed by atoms with van der Waals surface area (Å²) < 4.78 is 21.0. The van der Waals surface area contributed by atoms with Crippen LogP contribution >= 0.6 is 0 Å². The molecule has 1 N–H and O–H groups in total. The quantitative estimate of drug-likeness (QED) is 0.675. The summed E-state index contributed by atoms with van der Waals surface area (Å²) in [5, 5.41) is 12.8. The first-order chi connectivity index (χ1) is 16.4. The highest BCUT2D eigenvalue weighted by molar-refractivity contribution is 5.93. The lowest BCUT2D eigenvalue weighted by Gasteiger charge is -2.22. The summed E-state index contributed by atoms with van der Waals surface area (Å²) in [5.74, 6) is 0.268. The average Bonchev–Trinajstić information content (AvgIpc) is 3.33. The normalized spacial score (nSPS) is 19.6. The molecular formula is C26H34FN5O2. The standard InChI is InChI=1S/C26H34FN5O2/c1-19-20(2)32(17-23-5-3-14-34-23)26(24(19)15-28)29-25(33)18-31-11-4-10-30(12-13-31)16-21-6-8-22(27)9-7-21/h6-9,23H,3-5,10-14,16-18H2,1-2H3,(H,29,33). The van der Waals surface area contributed by atoms with Gasteiger partial charge in [0.2, 0.25) is 5.91 Å². The lowest BCUT2D eigenvalue weighted by atomic mass is 10.2. The van der Waals surface area contributed by atoms with E-state index in [1.807, 2.05) is 30.5 Å². The Morgan fingerprint density at radius 3 is 2.59 bits per heavy atom. The third-order valence-corrected chi connectivity index (χ3v) is 6.98. The second-order valence-corrected chi connectivity index (χ2v) is 9.37. The van der Waals surface area contributed by atoms with Crippen LogP contribution in [0.15, 0.2) is 24.3 Å². The predicted octanol–water partition coefficient (Wildman–Crippen LogP) is 3.44. The van der Waals surface area contributed by atoms with E-state index in [0.717, 1.165) is 75.4 Å². The third kappa shape index (κ3) is 5.84. The SMILES string of the molecule is Cc1c(C#N)c(NC(=O)CN2CCCN(Cc3ccc(F)cc3)CC2)n(CC2CCCO2)c1C. The summed E-state index contributed by atoms with van der Waals surface area (Å²) in [4.78, 5) is 17.5. The molecule has 3 heterocycles. The molecule has 4 rings (SSSR count). The number of carbonyl (C=O) groups is 1. The fourth-order valence-corrected chi connectivity index (χ4v) is 4.91. The molecule has 0 saturated carbocycles. The van der Waals surface area contributed by atoms with E-state index < -0.39 is 0 Å². The van der Waals surface area contributed by atoms with E-state index in [4.69, 9.17) is 4.74 Å². The van der Waals surface area contributed by atoms with E-state index in [0.29, 0.717) is 24.5 Å². The molecule has 0 aliphatic carbocycles. The number of ether oxygens (including phenoxy) is 1. The molecule has 1 atom stereocenters. The van der Waals surface area contributed by atoms with Crippen molar-refractivity contribution in [2.24, 2.45) is 0 Å². The van der Waals surface area contributed by atoms with Crippen LogP contribution in [0, 0.1) is 31.0 Å².